The van der Waals surface area contributed by atoms with Gasteiger partial charge in [0.1, 0.15) is 0 Å². The number of benzene rings is 3. The first-order chi connectivity index (χ1) is 10.4. The summed E-state index contributed by atoms with van der Waals surface area (Å²) in [5.41, 5.74) is 5.64. The zero-order valence-electron chi connectivity index (χ0n) is 12.2. The van der Waals surface area contributed by atoms with Crippen molar-refractivity contribution >= 4 is 16.8 Å². The van der Waals surface area contributed by atoms with Crippen LogP contribution in [0.25, 0.3) is 16.8 Å². The van der Waals surface area contributed by atoms with Crippen molar-refractivity contribution in [1.29, 1.82) is 0 Å². The summed E-state index contributed by atoms with van der Waals surface area (Å²) >= 11 is 0. The number of allylic oxidation sites excluding steroid dienone is 1. The summed E-state index contributed by atoms with van der Waals surface area (Å²) in [5, 5.41) is 2.73. The van der Waals surface area contributed by atoms with Gasteiger partial charge in [0.2, 0.25) is 0 Å². The number of hydrogen-bond donors (Lipinski definition) is 0. The lowest BCUT2D eigenvalue weighted by Gasteiger charge is -2.16. The Kier molecular flexibility index (Phi) is 2.89. The molecule has 0 heterocycles. The van der Waals surface area contributed by atoms with Crippen molar-refractivity contribution in [2.75, 3.05) is 0 Å². The number of rotatable bonds is 2. The molecule has 102 valence electrons. The monoisotopic (exact) mass is 270 g/mol. The van der Waals surface area contributed by atoms with Crippen LogP contribution in [0, 0.1) is 0 Å². The van der Waals surface area contributed by atoms with E-state index < -0.39 is 0 Å². The summed E-state index contributed by atoms with van der Waals surface area (Å²) in [6.07, 6.45) is 5.68. The molecule has 0 aliphatic heterocycles. The van der Waals surface area contributed by atoms with Crippen molar-refractivity contribution in [3.8, 4) is 0 Å². The van der Waals surface area contributed by atoms with E-state index >= 15 is 0 Å². The molecular weight excluding hydrogens is 252 g/mol. The van der Waals surface area contributed by atoms with Gasteiger partial charge >= 0.3 is 0 Å². The molecular formula is C21H18. The summed E-state index contributed by atoms with van der Waals surface area (Å²) in [5.74, 6) is 0.387. The van der Waals surface area contributed by atoms with Gasteiger partial charge in [-0.25, -0.2) is 0 Å². The highest BCUT2D eigenvalue weighted by Gasteiger charge is 2.20. The van der Waals surface area contributed by atoms with Gasteiger partial charge in [0.05, 0.1) is 0 Å². The highest BCUT2D eigenvalue weighted by molar-refractivity contribution is 5.88. The van der Waals surface area contributed by atoms with E-state index in [0.717, 1.165) is 6.42 Å². The van der Waals surface area contributed by atoms with Gasteiger partial charge in [-0.05, 0) is 39.4 Å². The van der Waals surface area contributed by atoms with Crippen molar-refractivity contribution in [2.45, 2.75) is 19.3 Å². The largest absolute Gasteiger partial charge is 0.0720 e. The Hall–Kier alpha value is -2.34. The summed E-state index contributed by atoms with van der Waals surface area (Å²) in [6.45, 7) is 2.23. The molecule has 1 atom stereocenters. The van der Waals surface area contributed by atoms with E-state index in [1.807, 2.05) is 0 Å². The molecule has 3 aromatic rings. The van der Waals surface area contributed by atoms with Crippen LogP contribution < -0.4 is 0 Å². The number of aryl methyl sites for hydroxylation is 1. The molecule has 0 bridgehead atoms. The fourth-order valence-corrected chi connectivity index (χ4v) is 3.39. The summed E-state index contributed by atoms with van der Waals surface area (Å²) in [6, 6.07) is 22.2. The molecule has 1 aliphatic carbocycles. The fourth-order valence-electron chi connectivity index (χ4n) is 3.39. The molecule has 0 spiro atoms. The normalized spacial score (nSPS) is 16.3. The van der Waals surface area contributed by atoms with Crippen LogP contribution in [0.4, 0.5) is 0 Å². The second-order valence-electron chi connectivity index (χ2n) is 5.73. The van der Waals surface area contributed by atoms with E-state index in [2.05, 4.69) is 79.7 Å². The molecule has 0 nitrogen and oxygen atoms in total. The van der Waals surface area contributed by atoms with E-state index in [1.165, 1.54) is 33.0 Å². The van der Waals surface area contributed by atoms with Crippen LogP contribution in [0.1, 0.15) is 35.1 Å². The zero-order chi connectivity index (χ0) is 14.2. The molecule has 0 N–H and O–H groups in total. The smallest absolute Gasteiger partial charge is 0.0285 e. The molecule has 0 aromatic heterocycles. The highest BCUT2D eigenvalue weighted by Crippen LogP contribution is 2.38. The van der Waals surface area contributed by atoms with Gasteiger partial charge in [0, 0.05) is 5.92 Å². The lowest BCUT2D eigenvalue weighted by atomic mass is 9.87. The van der Waals surface area contributed by atoms with Crippen LogP contribution in [-0.2, 0) is 6.42 Å². The maximum Gasteiger partial charge on any atom is 0.0285 e. The predicted octanol–water partition coefficient (Wildman–Crippen LogP) is 5.56. The third-order valence-corrected chi connectivity index (χ3v) is 4.50. The van der Waals surface area contributed by atoms with Crippen molar-refractivity contribution in [3.63, 3.8) is 0 Å². The Balaban J connectivity index is 1.97. The third kappa shape index (κ3) is 1.99. The highest BCUT2D eigenvalue weighted by atomic mass is 14.2. The van der Waals surface area contributed by atoms with Gasteiger partial charge in [0.25, 0.3) is 0 Å². The SMILES string of the molecule is CCc1cc(C2C=Cc3ccccc32)c2ccccc2c1. The van der Waals surface area contributed by atoms with Crippen molar-refractivity contribution < 1.29 is 0 Å². The van der Waals surface area contributed by atoms with E-state index in [0.29, 0.717) is 5.92 Å². The van der Waals surface area contributed by atoms with E-state index in [4.69, 9.17) is 0 Å². The van der Waals surface area contributed by atoms with Gasteiger partial charge in [-0.1, -0.05) is 79.7 Å². The van der Waals surface area contributed by atoms with E-state index in [9.17, 15) is 0 Å². The molecule has 0 radical (unpaired) electrons. The van der Waals surface area contributed by atoms with Crippen LogP contribution in [-0.4, -0.2) is 0 Å². The van der Waals surface area contributed by atoms with E-state index in [1.54, 1.807) is 0 Å². The van der Waals surface area contributed by atoms with Crippen molar-refractivity contribution in [3.05, 3.63) is 89.0 Å². The van der Waals surface area contributed by atoms with Crippen molar-refractivity contribution in [1.82, 2.24) is 0 Å². The van der Waals surface area contributed by atoms with Crippen LogP contribution in [0.3, 0.4) is 0 Å². The molecule has 0 fully saturated rings. The third-order valence-electron chi connectivity index (χ3n) is 4.50. The van der Waals surface area contributed by atoms with Gasteiger partial charge in [-0.15, -0.1) is 0 Å². The van der Waals surface area contributed by atoms with Gasteiger partial charge in [-0.3, -0.25) is 0 Å². The second-order valence-corrected chi connectivity index (χ2v) is 5.73. The molecule has 0 heteroatoms. The van der Waals surface area contributed by atoms with Crippen molar-refractivity contribution in [2.24, 2.45) is 0 Å². The Bertz CT molecular complexity index is 840. The Morgan fingerprint density at radius 1 is 0.857 bits per heavy atom. The standard InChI is InChI=1S/C21H18/c1-2-15-13-17-8-4-6-10-19(17)21(14-15)20-12-11-16-7-3-5-9-18(16)20/h3-14,20H,2H2,1H3. The molecule has 1 unspecified atom stereocenters. The molecule has 4 rings (SSSR count). The fraction of sp³-hybridized carbons (Fsp3) is 0.143. The molecule has 0 amide bonds. The van der Waals surface area contributed by atoms with Crippen LogP contribution in [0.2, 0.25) is 0 Å². The van der Waals surface area contributed by atoms with Gasteiger partial charge in [-0.2, -0.15) is 0 Å². The molecule has 0 saturated heterocycles. The first kappa shape index (κ1) is 12.4. The number of hydrogen-bond acceptors (Lipinski definition) is 0. The number of fused-ring (bicyclic) bond motifs is 2. The minimum absolute atomic E-state index is 0.387. The lowest BCUT2D eigenvalue weighted by molar-refractivity contribution is 1.05. The van der Waals surface area contributed by atoms with Gasteiger partial charge < -0.3 is 0 Å². The zero-order valence-corrected chi connectivity index (χ0v) is 12.2. The Labute approximate surface area is 125 Å². The quantitative estimate of drug-likeness (QED) is 0.572. The minimum atomic E-state index is 0.387. The van der Waals surface area contributed by atoms with E-state index in [-0.39, 0.29) is 0 Å². The predicted molar refractivity (Wildman–Crippen MR) is 90.6 cm³/mol. The van der Waals surface area contributed by atoms with Crippen LogP contribution >= 0.6 is 0 Å². The summed E-state index contributed by atoms with van der Waals surface area (Å²) in [4.78, 5) is 0. The summed E-state index contributed by atoms with van der Waals surface area (Å²) < 4.78 is 0. The second kappa shape index (κ2) is 4.89. The molecule has 3 aromatic carbocycles. The maximum absolute atomic E-state index is 2.39. The summed E-state index contributed by atoms with van der Waals surface area (Å²) in [7, 11) is 0. The van der Waals surface area contributed by atoms with Crippen LogP contribution in [0.15, 0.2) is 66.7 Å². The average Bonchev–Trinajstić information content (AvgIpc) is 2.97. The first-order valence-electron chi connectivity index (χ1n) is 7.65. The Morgan fingerprint density at radius 3 is 2.57 bits per heavy atom. The topological polar surface area (TPSA) is 0 Å². The van der Waals surface area contributed by atoms with Gasteiger partial charge in [0.15, 0.2) is 0 Å². The minimum Gasteiger partial charge on any atom is -0.0720 e. The first-order valence-corrected chi connectivity index (χ1v) is 7.65. The lowest BCUT2D eigenvalue weighted by Crippen LogP contribution is -1.98. The molecule has 1 aliphatic rings. The molecule has 0 saturated carbocycles. The Morgan fingerprint density at radius 2 is 1.67 bits per heavy atom. The average molecular weight is 270 g/mol. The molecule has 21 heavy (non-hydrogen) atoms. The maximum atomic E-state index is 2.39. The van der Waals surface area contributed by atoms with Crippen LogP contribution in [0.5, 0.6) is 0 Å².